The molecule has 0 aliphatic carbocycles. The first-order valence-corrected chi connectivity index (χ1v) is 11.3. The molecule has 29 heavy (non-hydrogen) atoms. The molecule has 0 radical (unpaired) electrons. The van der Waals surface area contributed by atoms with E-state index in [4.69, 9.17) is 0 Å². The van der Waals surface area contributed by atoms with Gasteiger partial charge in [0.25, 0.3) is 5.56 Å². The highest BCUT2D eigenvalue weighted by Gasteiger charge is 2.25. The van der Waals surface area contributed by atoms with Gasteiger partial charge < -0.3 is 4.90 Å². The third-order valence-corrected chi connectivity index (χ3v) is 6.54. The van der Waals surface area contributed by atoms with E-state index in [0.717, 1.165) is 35.3 Å². The second kappa shape index (κ2) is 6.84. The lowest BCUT2D eigenvalue weighted by molar-refractivity contribution is -0.118. The number of hydrogen-bond acceptors (Lipinski definition) is 5. The maximum Gasteiger partial charge on any atom is 0.266 e. The van der Waals surface area contributed by atoms with Crippen molar-refractivity contribution in [2.45, 2.75) is 38.0 Å². The van der Waals surface area contributed by atoms with Gasteiger partial charge in [-0.1, -0.05) is 0 Å². The predicted molar refractivity (Wildman–Crippen MR) is 109 cm³/mol. The zero-order valence-corrected chi connectivity index (χ0v) is 17.3. The number of nitrogens with zero attached hydrogens (tertiary/aromatic N) is 3. The van der Waals surface area contributed by atoms with Crippen LogP contribution in [0, 0.1) is 13.8 Å². The Morgan fingerprint density at radius 3 is 2.72 bits per heavy atom. The van der Waals surface area contributed by atoms with Crippen LogP contribution in [0.25, 0.3) is 5.65 Å². The molecule has 3 aromatic rings. The summed E-state index contributed by atoms with van der Waals surface area (Å²) in [5.74, 6) is -0.0834. The molecule has 1 aliphatic rings. The number of aryl methyl sites for hydroxylation is 3. The summed E-state index contributed by atoms with van der Waals surface area (Å²) in [5.41, 5.74) is 4.16. The number of aromatic amines is 1. The summed E-state index contributed by atoms with van der Waals surface area (Å²) in [6.07, 6.45) is 2.83. The third-order valence-electron chi connectivity index (χ3n) is 5.43. The van der Waals surface area contributed by atoms with E-state index >= 15 is 0 Å². The summed E-state index contributed by atoms with van der Waals surface area (Å²) in [4.78, 5) is 31.2. The number of H-pyrrole nitrogens is 1. The van der Waals surface area contributed by atoms with Crippen molar-refractivity contribution in [3.63, 3.8) is 0 Å². The van der Waals surface area contributed by atoms with Crippen LogP contribution >= 0.6 is 0 Å². The minimum Gasteiger partial charge on any atom is -0.312 e. The second-order valence-electron chi connectivity index (χ2n) is 7.46. The van der Waals surface area contributed by atoms with E-state index in [1.807, 2.05) is 13.8 Å². The number of aromatic nitrogens is 3. The number of carbonyl (C=O) groups excluding carboxylic acids is 1. The summed E-state index contributed by atoms with van der Waals surface area (Å²) in [5, 5.41) is 2.70. The molecular weight excluding hydrogens is 392 g/mol. The van der Waals surface area contributed by atoms with E-state index in [1.165, 1.54) is 12.3 Å². The average molecular weight is 414 g/mol. The van der Waals surface area contributed by atoms with Crippen molar-refractivity contribution < 1.29 is 13.2 Å². The van der Waals surface area contributed by atoms with Gasteiger partial charge in [0.1, 0.15) is 0 Å². The largest absolute Gasteiger partial charge is 0.312 e. The fraction of sp³-hybridized carbons (Fsp3) is 0.350. The zero-order valence-electron chi connectivity index (χ0n) is 16.5. The SMILES string of the molecule is Cc1nc2cc(=O)[nH]n2c(C)c1CC(=O)N1CCCc2cc(S(C)(=O)=O)ccc21. The van der Waals surface area contributed by atoms with Gasteiger partial charge in [0.05, 0.1) is 11.3 Å². The summed E-state index contributed by atoms with van der Waals surface area (Å²) < 4.78 is 25.3. The minimum atomic E-state index is -3.30. The Morgan fingerprint density at radius 1 is 1.24 bits per heavy atom. The molecule has 0 atom stereocenters. The Hall–Kier alpha value is -2.94. The van der Waals surface area contributed by atoms with Crippen LogP contribution in [-0.2, 0) is 27.5 Å². The Bertz CT molecular complexity index is 1300. The molecule has 8 nitrogen and oxygen atoms in total. The van der Waals surface area contributed by atoms with E-state index in [2.05, 4.69) is 10.1 Å². The Labute approximate surface area is 168 Å². The molecular formula is C20H22N4O4S. The molecule has 4 rings (SSSR count). The molecule has 0 unspecified atom stereocenters. The van der Waals surface area contributed by atoms with Crippen molar-refractivity contribution in [2.75, 3.05) is 17.7 Å². The first-order chi connectivity index (χ1) is 13.6. The third kappa shape index (κ3) is 3.46. The Morgan fingerprint density at radius 2 is 2.00 bits per heavy atom. The maximum atomic E-state index is 13.2. The molecule has 2 aromatic heterocycles. The van der Waals surface area contributed by atoms with Crippen molar-refractivity contribution in [2.24, 2.45) is 0 Å². The lowest BCUT2D eigenvalue weighted by Crippen LogP contribution is -2.37. The molecule has 1 aliphatic heterocycles. The van der Waals surface area contributed by atoms with Crippen LogP contribution in [0.5, 0.6) is 0 Å². The lowest BCUT2D eigenvalue weighted by Gasteiger charge is -2.30. The smallest absolute Gasteiger partial charge is 0.266 e. The zero-order chi connectivity index (χ0) is 20.9. The predicted octanol–water partition coefficient (Wildman–Crippen LogP) is 1.56. The van der Waals surface area contributed by atoms with Gasteiger partial charge in [0.15, 0.2) is 15.5 Å². The molecule has 0 spiro atoms. The van der Waals surface area contributed by atoms with E-state index < -0.39 is 9.84 Å². The van der Waals surface area contributed by atoms with Crippen molar-refractivity contribution in [3.8, 4) is 0 Å². The van der Waals surface area contributed by atoms with Crippen LogP contribution < -0.4 is 10.5 Å². The summed E-state index contributed by atoms with van der Waals surface area (Å²) >= 11 is 0. The number of hydrogen-bond donors (Lipinski definition) is 1. The second-order valence-corrected chi connectivity index (χ2v) is 9.48. The fourth-order valence-electron chi connectivity index (χ4n) is 3.92. The monoisotopic (exact) mass is 414 g/mol. The van der Waals surface area contributed by atoms with E-state index in [1.54, 1.807) is 27.6 Å². The van der Waals surface area contributed by atoms with Crippen LogP contribution in [-0.4, -0.2) is 41.7 Å². The first-order valence-electron chi connectivity index (χ1n) is 9.36. The number of fused-ring (bicyclic) bond motifs is 2. The molecule has 9 heteroatoms. The standard InChI is InChI=1S/C20H22N4O4S/c1-12-16(13(2)24-18(21-12)11-19(25)22-24)10-20(26)23-8-4-5-14-9-15(29(3,27)28)6-7-17(14)23/h6-7,9,11H,4-5,8,10H2,1-3H3,(H,22,25). The highest BCUT2D eigenvalue weighted by atomic mass is 32.2. The van der Waals surface area contributed by atoms with Crippen LogP contribution in [0.3, 0.4) is 0 Å². The van der Waals surface area contributed by atoms with Gasteiger partial charge in [0.2, 0.25) is 5.91 Å². The van der Waals surface area contributed by atoms with Gasteiger partial charge in [-0.2, -0.15) is 0 Å². The van der Waals surface area contributed by atoms with Gasteiger partial charge in [-0.3, -0.25) is 14.7 Å². The molecule has 152 valence electrons. The number of sulfone groups is 1. The van der Waals surface area contributed by atoms with Gasteiger partial charge in [0, 0.05) is 41.5 Å². The normalized spacial score (nSPS) is 14.2. The summed E-state index contributed by atoms with van der Waals surface area (Å²) in [6, 6.07) is 6.35. The number of rotatable bonds is 3. The number of anilines is 1. The number of benzene rings is 1. The molecule has 0 bridgehead atoms. The molecule has 1 aromatic carbocycles. The molecule has 0 saturated carbocycles. The maximum absolute atomic E-state index is 13.2. The molecule has 0 saturated heterocycles. The van der Waals surface area contributed by atoms with Crippen LogP contribution in [0.15, 0.2) is 34.0 Å². The van der Waals surface area contributed by atoms with Crippen LogP contribution in [0.2, 0.25) is 0 Å². The Balaban J connectivity index is 1.69. The van der Waals surface area contributed by atoms with Crippen molar-refractivity contribution in [1.82, 2.24) is 14.6 Å². The Kier molecular flexibility index (Phi) is 4.57. The van der Waals surface area contributed by atoms with Crippen molar-refractivity contribution in [1.29, 1.82) is 0 Å². The lowest BCUT2D eigenvalue weighted by atomic mass is 10.00. The van der Waals surface area contributed by atoms with Gasteiger partial charge in [-0.05, 0) is 50.5 Å². The highest BCUT2D eigenvalue weighted by molar-refractivity contribution is 7.90. The van der Waals surface area contributed by atoms with Crippen LogP contribution in [0.1, 0.15) is 28.9 Å². The number of carbonyl (C=O) groups is 1. The van der Waals surface area contributed by atoms with Gasteiger partial charge in [-0.25, -0.2) is 17.9 Å². The number of amides is 1. The van der Waals surface area contributed by atoms with Gasteiger partial charge >= 0.3 is 0 Å². The van der Waals surface area contributed by atoms with E-state index in [9.17, 15) is 18.0 Å². The molecule has 3 heterocycles. The highest BCUT2D eigenvalue weighted by Crippen LogP contribution is 2.30. The summed E-state index contributed by atoms with van der Waals surface area (Å²) in [7, 11) is -3.30. The van der Waals surface area contributed by atoms with Crippen molar-refractivity contribution >= 4 is 27.1 Å². The van der Waals surface area contributed by atoms with Gasteiger partial charge in [-0.15, -0.1) is 0 Å². The van der Waals surface area contributed by atoms with E-state index in [-0.39, 0.29) is 22.8 Å². The molecule has 1 N–H and O–H groups in total. The average Bonchev–Trinajstić information content (AvgIpc) is 3.03. The first kappa shape index (κ1) is 19.4. The number of nitrogens with one attached hydrogen (secondary N) is 1. The van der Waals surface area contributed by atoms with E-state index in [0.29, 0.717) is 17.9 Å². The topological polar surface area (TPSA) is 105 Å². The van der Waals surface area contributed by atoms with Crippen LogP contribution in [0.4, 0.5) is 5.69 Å². The molecule has 1 amide bonds. The molecule has 0 fully saturated rings. The van der Waals surface area contributed by atoms with Crippen molar-refractivity contribution in [3.05, 3.63) is 57.1 Å². The fourth-order valence-corrected chi connectivity index (χ4v) is 4.59. The summed E-state index contributed by atoms with van der Waals surface area (Å²) in [6.45, 7) is 4.26. The quantitative estimate of drug-likeness (QED) is 0.700. The minimum absolute atomic E-state index is 0.0834.